The van der Waals surface area contributed by atoms with E-state index in [1.165, 1.54) is 0 Å². The lowest BCUT2D eigenvalue weighted by molar-refractivity contribution is -0.132. The van der Waals surface area contributed by atoms with E-state index in [1.807, 2.05) is 63.7 Å². The molecule has 0 aliphatic rings. The van der Waals surface area contributed by atoms with Crippen LogP contribution in [-0.4, -0.2) is 38.8 Å². The second kappa shape index (κ2) is 8.30. The second-order valence-corrected chi connectivity index (χ2v) is 6.63. The molecule has 0 aliphatic heterocycles. The number of aryl methyl sites for hydroxylation is 3. The fourth-order valence-corrected chi connectivity index (χ4v) is 3.08. The van der Waals surface area contributed by atoms with Gasteiger partial charge in [-0.1, -0.05) is 29.8 Å². The Hall–Kier alpha value is -2.14. The molecule has 1 aromatic carbocycles. The van der Waals surface area contributed by atoms with Crippen LogP contribution in [-0.2, 0) is 18.3 Å². The smallest absolute Gasteiger partial charge is 0.222 e. The summed E-state index contributed by atoms with van der Waals surface area (Å²) >= 11 is 0. The molecule has 0 aliphatic carbocycles. The number of carbonyl (C=O) groups is 1. The maximum atomic E-state index is 12.6. The molecule has 1 amide bonds. The molecule has 0 bridgehead atoms. The van der Waals surface area contributed by atoms with E-state index >= 15 is 0 Å². The summed E-state index contributed by atoms with van der Waals surface area (Å²) in [5.74, 6) is 0.0660. The van der Waals surface area contributed by atoms with Crippen LogP contribution < -0.4 is 0 Å². The zero-order chi connectivity index (χ0) is 18.6. The van der Waals surface area contributed by atoms with E-state index in [-0.39, 0.29) is 5.91 Å². The van der Waals surface area contributed by atoms with Crippen molar-refractivity contribution in [3.05, 3.63) is 52.3 Å². The third-order valence-corrected chi connectivity index (χ3v) is 4.84. The Morgan fingerprint density at radius 2 is 1.88 bits per heavy atom. The molecule has 25 heavy (non-hydrogen) atoms. The summed E-state index contributed by atoms with van der Waals surface area (Å²) in [4.78, 5) is 14.3. The number of benzene rings is 1. The molecule has 1 atom stereocenters. The summed E-state index contributed by atoms with van der Waals surface area (Å²) in [6, 6.07) is 7.79. The Morgan fingerprint density at radius 1 is 1.24 bits per heavy atom. The molecule has 0 radical (unpaired) electrons. The first-order chi connectivity index (χ1) is 11.8. The zero-order valence-electron chi connectivity index (χ0n) is 15.9. The zero-order valence-corrected chi connectivity index (χ0v) is 15.9. The lowest BCUT2D eigenvalue weighted by Crippen LogP contribution is -2.34. The first kappa shape index (κ1) is 19.2. The second-order valence-electron chi connectivity index (χ2n) is 6.63. The van der Waals surface area contributed by atoms with Gasteiger partial charge in [-0.05, 0) is 45.2 Å². The van der Waals surface area contributed by atoms with Crippen LogP contribution >= 0.6 is 0 Å². The number of nitrogens with zero attached hydrogens (tertiary/aromatic N) is 3. The van der Waals surface area contributed by atoms with E-state index < -0.39 is 6.10 Å². The largest absolute Gasteiger partial charge is 0.387 e. The van der Waals surface area contributed by atoms with Crippen LogP contribution in [0.25, 0.3) is 0 Å². The van der Waals surface area contributed by atoms with Crippen LogP contribution in [0.1, 0.15) is 47.5 Å². The molecular weight excluding hydrogens is 314 g/mol. The van der Waals surface area contributed by atoms with E-state index in [9.17, 15) is 9.90 Å². The topological polar surface area (TPSA) is 58.4 Å². The molecule has 0 saturated heterocycles. The Morgan fingerprint density at radius 3 is 2.40 bits per heavy atom. The molecule has 1 N–H and O–H groups in total. The van der Waals surface area contributed by atoms with Crippen molar-refractivity contribution in [3.8, 4) is 0 Å². The predicted octanol–water partition coefficient (Wildman–Crippen LogP) is 2.86. The van der Waals surface area contributed by atoms with E-state index in [2.05, 4.69) is 5.10 Å². The normalized spacial score (nSPS) is 12.2. The lowest BCUT2D eigenvalue weighted by atomic mass is 10.1. The number of carbonyl (C=O) groups excluding carboxylic acids is 1. The van der Waals surface area contributed by atoms with Crippen molar-refractivity contribution in [1.82, 2.24) is 14.7 Å². The van der Waals surface area contributed by atoms with Gasteiger partial charge in [-0.25, -0.2) is 0 Å². The number of aliphatic hydroxyl groups is 1. The van der Waals surface area contributed by atoms with Crippen molar-refractivity contribution < 1.29 is 9.90 Å². The van der Waals surface area contributed by atoms with Gasteiger partial charge < -0.3 is 10.0 Å². The molecule has 0 spiro atoms. The third-order valence-electron chi connectivity index (χ3n) is 4.84. The van der Waals surface area contributed by atoms with Crippen molar-refractivity contribution in [2.45, 2.75) is 46.6 Å². The highest BCUT2D eigenvalue weighted by atomic mass is 16.3. The van der Waals surface area contributed by atoms with E-state index in [4.69, 9.17) is 0 Å². The maximum absolute atomic E-state index is 12.6. The third kappa shape index (κ3) is 4.69. The molecule has 1 heterocycles. The van der Waals surface area contributed by atoms with Crippen molar-refractivity contribution in [3.63, 3.8) is 0 Å². The number of hydrogen-bond acceptors (Lipinski definition) is 3. The van der Waals surface area contributed by atoms with Crippen molar-refractivity contribution in [2.24, 2.45) is 7.05 Å². The summed E-state index contributed by atoms with van der Waals surface area (Å²) in [5.41, 5.74) is 5.23. The number of amides is 1. The fraction of sp³-hybridized carbons (Fsp3) is 0.500. The molecule has 2 rings (SSSR count). The highest BCUT2D eigenvalue weighted by Gasteiger charge is 2.18. The van der Waals surface area contributed by atoms with Crippen LogP contribution in [0.3, 0.4) is 0 Å². The summed E-state index contributed by atoms with van der Waals surface area (Å²) in [5, 5.41) is 14.8. The van der Waals surface area contributed by atoms with Gasteiger partial charge in [-0.15, -0.1) is 0 Å². The average molecular weight is 343 g/mol. The Kier molecular flexibility index (Phi) is 6.37. The summed E-state index contributed by atoms with van der Waals surface area (Å²) in [6.45, 7) is 8.88. The summed E-state index contributed by atoms with van der Waals surface area (Å²) < 4.78 is 1.86. The summed E-state index contributed by atoms with van der Waals surface area (Å²) in [6.07, 6.45) is 0.454. The number of hydrogen-bond donors (Lipinski definition) is 1. The predicted molar refractivity (Wildman–Crippen MR) is 99.4 cm³/mol. The molecular formula is C20H29N3O2. The van der Waals surface area contributed by atoms with Crippen LogP contribution in [0.2, 0.25) is 0 Å². The summed E-state index contributed by atoms with van der Waals surface area (Å²) in [7, 11) is 1.92. The van der Waals surface area contributed by atoms with Gasteiger partial charge in [0.1, 0.15) is 0 Å². The molecule has 2 aromatic rings. The van der Waals surface area contributed by atoms with Crippen LogP contribution in [0.5, 0.6) is 0 Å². The lowest BCUT2D eigenvalue weighted by Gasteiger charge is -2.24. The first-order valence-electron chi connectivity index (χ1n) is 8.85. The number of aliphatic hydroxyl groups excluding tert-OH is 1. The standard InChI is InChI=1S/C20H29N3O2/c1-6-23(13-19(24)17-9-7-14(2)8-10-17)20(25)12-11-18-15(3)21-22(5)16(18)4/h7-10,19,24H,6,11-13H2,1-5H3. The van der Waals surface area contributed by atoms with Gasteiger partial charge in [0.15, 0.2) is 0 Å². The minimum atomic E-state index is -0.661. The molecule has 1 unspecified atom stereocenters. The van der Waals surface area contributed by atoms with Crippen LogP contribution in [0, 0.1) is 20.8 Å². The average Bonchev–Trinajstić information content (AvgIpc) is 2.83. The van der Waals surface area contributed by atoms with E-state index in [1.54, 1.807) is 4.90 Å². The minimum Gasteiger partial charge on any atom is -0.387 e. The molecule has 5 heteroatoms. The van der Waals surface area contributed by atoms with Gasteiger partial charge in [0.25, 0.3) is 0 Å². The van der Waals surface area contributed by atoms with E-state index in [0.29, 0.717) is 25.9 Å². The quantitative estimate of drug-likeness (QED) is 0.841. The first-order valence-corrected chi connectivity index (χ1v) is 8.85. The van der Waals surface area contributed by atoms with Gasteiger partial charge in [0.2, 0.25) is 5.91 Å². The van der Waals surface area contributed by atoms with Gasteiger partial charge >= 0.3 is 0 Å². The van der Waals surface area contributed by atoms with Crippen molar-refractivity contribution >= 4 is 5.91 Å². The van der Waals surface area contributed by atoms with Crippen LogP contribution in [0.15, 0.2) is 24.3 Å². The Balaban J connectivity index is 1.97. The van der Waals surface area contributed by atoms with Gasteiger partial charge in [-0.3, -0.25) is 9.48 Å². The molecule has 5 nitrogen and oxygen atoms in total. The Labute approximate surface area is 150 Å². The van der Waals surface area contributed by atoms with Crippen molar-refractivity contribution in [2.75, 3.05) is 13.1 Å². The monoisotopic (exact) mass is 343 g/mol. The minimum absolute atomic E-state index is 0.0660. The number of aromatic nitrogens is 2. The molecule has 1 aromatic heterocycles. The maximum Gasteiger partial charge on any atom is 0.222 e. The molecule has 0 fully saturated rings. The van der Waals surface area contributed by atoms with Gasteiger partial charge in [0, 0.05) is 25.7 Å². The molecule has 0 saturated carbocycles. The highest BCUT2D eigenvalue weighted by molar-refractivity contribution is 5.76. The van der Waals surface area contributed by atoms with Crippen LogP contribution in [0.4, 0.5) is 0 Å². The Bertz CT molecular complexity index is 719. The fourth-order valence-electron chi connectivity index (χ4n) is 3.08. The van der Waals surface area contributed by atoms with Gasteiger partial charge in [-0.2, -0.15) is 5.10 Å². The van der Waals surface area contributed by atoms with E-state index in [0.717, 1.165) is 28.1 Å². The van der Waals surface area contributed by atoms with Gasteiger partial charge in [0.05, 0.1) is 18.3 Å². The number of rotatable bonds is 7. The SMILES string of the molecule is CCN(CC(O)c1ccc(C)cc1)C(=O)CCc1c(C)nn(C)c1C. The highest BCUT2D eigenvalue weighted by Crippen LogP contribution is 2.18. The molecule has 136 valence electrons. The van der Waals surface area contributed by atoms with Crippen molar-refractivity contribution in [1.29, 1.82) is 0 Å². The number of likely N-dealkylation sites (N-methyl/N-ethyl adjacent to an activating group) is 1.